The normalized spacial score (nSPS) is 13.4. The van der Waals surface area contributed by atoms with Gasteiger partial charge < -0.3 is 5.73 Å². The van der Waals surface area contributed by atoms with E-state index in [1.807, 2.05) is 26.0 Å². The smallest absolute Gasteiger partial charge is 0.0273 e. The maximum absolute atomic E-state index is 5.63. The van der Waals surface area contributed by atoms with Crippen LogP contribution in [0.1, 0.15) is 27.2 Å². The first-order chi connectivity index (χ1) is 5.11. The molecule has 0 spiro atoms. The molecule has 0 heterocycles. The van der Waals surface area contributed by atoms with Crippen LogP contribution in [0.25, 0.3) is 0 Å². The van der Waals surface area contributed by atoms with Crippen LogP contribution in [-0.4, -0.2) is 0 Å². The Bertz CT molecular complexity index is 197. The van der Waals surface area contributed by atoms with Crippen LogP contribution in [0.15, 0.2) is 35.6 Å². The van der Waals surface area contributed by atoms with Crippen LogP contribution in [0.4, 0.5) is 0 Å². The molecule has 0 radical (unpaired) electrons. The number of hydrogen-bond acceptors (Lipinski definition) is 1. The van der Waals surface area contributed by atoms with Crippen molar-refractivity contribution in [2.45, 2.75) is 27.2 Å². The summed E-state index contributed by atoms with van der Waals surface area (Å²) in [7, 11) is 0. The summed E-state index contributed by atoms with van der Waals surface area (Å²) >= 11 is 0. The molecule has 0 aromatic carbocycles. The SMILES string of the molecule is C=C(C)/C(=C\C(N)=CC)CC. The van der Waals surface area contributed by atoms with Crippen LogP contribution >= 0.6 is 0 Å². The van der Waals surface area contributed by atoms with Gasteiger partial charge in [0.05, 0.1) is 0 Å². The van der Waals surface area contributed by atoms with Crippen molar-refractivity contribution in [3.63, 3.8) is 0 Å². The second-order valence-electron chi connectivity index (χ2n) is 2.59. The second-order valence-corrected chi connectivity index (χ2v) is 2.59. The number of hydrogen-bond donors (Lipinski definition) is 1. The fourth-order valence-electron chi connectivity index (χ4n) is 0.812. The van der Waals surface area contributed by atoms with Crippen LogP contribution in [0.5, 0.6) is 0 Å². The zero-order valence-corrected chi connectivity index (χ0v) is 7.65. The molecule has 1 heteroatoms. The Morgan fingerprint density at radius 2 is 2.09 bits per heavy atom. The molecule has 0 aliphatic carbocycles. The summed E-state index contributed by atoms with van der Waals surface area (Å²) in [6.45, 7) is 9.89. The van der Waals surface area contributed by atoms with E-state index in [2.05, 4.69) is 13.5 Å². The summed E-state index contributed by atoms with van der Waals surface area (Å²) in [6, 6.07) is 0. The van der Waals surface area contributed by atoms with Gasteiger partial charge in [-0.25, -0.2) is 0 Å². The van der Waals surface area contributed by atoms with Gasteiger partial charge in [-0.15, -0.1) is 0 Å². The molecule has 0 saturated heterocycles. The minimum absolute atomic E-state index is 0.810. The molecule has 0 aromatic heterocycles. The second kappa shape index (κ2) is 4.78. The van der Waals surface area contributed by atoms with Gasteiger partial charge in [-0.3, -0.25) is 0 Å². The Balaban J connectivity index is 4.49. The molecule has 0 aliphatic rings. The largest absolute Gasteiger partial charge is 0.399 e. The van der Waals surface area contributed by atoms with E-state index in [-0.39, 0.29) is 0 Å². The Labute approximate surface area is 69.3 Å². The molecule has 0 bridgehead atoms. The highest BCUT2D eigenvalue weighted by Gasteiger charge is 1.93. The monoisotopic (exact) mass is 151 g/mol. The summed E-state index contributed by atoms with van der Waals surface area (Å²) in [5.41, 5.74) is 8.76. The molecule has 1 nitrogen and oxygen atoms in total. The first-order valence-corrected chi connectivity index (χ1v) is 3.90. The van der Waals surface area contributed by atoms with E-state index in [1.54, 1.807) is 0 Å². The number of allylic oxidation sites excluding steroid dienone is 4. The molecule has 2 N–H and O–H groups in total. The summed E-state index contributed by atoms with van der Waals surface area (Å²) in [4.78, 5) is 0. The van der Waals surface area contributed by atoms with Crippen LogP contribution in [-0.2, 0) is 0 Å². The molecule has 0 fully saturated rings. The Hall–Kier alpha value is -0.980. The van der Waals surface area contributed by atoms with Crippen molar-refractivity contribution in [1.29, 1.82) is 0 Å². The molecule has 0 unspecified atom stereocenters. The fraction of sp³-hybridized carbons (Fsp3) is 0.400. The zero-order chi connectivity index (χ0) is 8.85. The van der Waals surface area contributed by atoms with Gasteiger partial charge >= 0.3 is 0 Å². The Kier molecular flexibility index (Phi) is 4.35. The standard InChI is InChI=1S/C10H17N/c1-5-9(8(3)4)7-10(11)6-2/h6-7H,3,5,11H2,1-2,4H3/b9-7-,10-6?. The summed E-state index contributed by atoms with van der Waals surface area (Å²) in [5.74, 6) is 0. The van der Waals surface area contributed by atoms with Gasteiger partial charge in [0.2, 0.25) is 0 Å². The van der Waals surface area contributed by atoms with E-state index in [0.29, 0.717) is 0 Å². The lowest BCUT2D eigenvalue weighted by molar-refractivity contribution is 1.10. The van der Waals surface area contributed by atoms with Crippen LogP contribution in [0, 0.1) is 0 Å². The lowest BCUT2D eigenvalue weighted by Gasteiger charge is -2.02. The van der Waals surface area contributed by atoms with Gasteiger partial charge in [0.25, 0.3) is 0 Å². The summed E-state index contributed by atoms with van der Waals surface area (Å²) in [5, 5.41) is 0. The van der Waals surface area contributed by atoms with Crippen molar-refractivity contribution in [3.05, 3.63) is 35.6 Å². The average Bonchev–Trinajstić information content (AvgIpc) is 1.99. The summed E-state index contributed by atoms with van der Waals surface area (Å²) in [6.07, 6.45) is 4.85. The molecule has 0 aliphatic heterocycles. The quantitative estimate of drug-likeness (QED) is 0.617. The van der Waals surface area contributed by atoms with Gasteiger partial charge in [0, 0.05) is 5.70 Å². The first kappa shape index (κ1) is 10.0. The summed E-state index contributed by atoms with van der Waals surface area (Å²) < 4.78 is 0. The van der Waals surface area contributed by atoms with Gasteiger partial charge in [-0.05, 0) is 31.9 Å². The molecular formula is C10H17N. The topological polar surface area (TPSA) is 26.0 Å². The predicted molar refractivity (Wildman–Crippen MR) is 51.1 cm³/mol. The molecule has 0 saturated carbocycles. The molecule has 62 valence electrons. The average molecular weight is 151 g/mol. The van der Waals surface area contributed by atoms with E-state index in [0.717, 1.165) is 17.7 Å². The molecule has 0 amide bonds. The molecule has 11 heavy (non-hydrogen) atoms. The van der Waals surface area contributed by atoms with Gasteiger partial charge in [0.15, 0.2) is 0 Å². The Morgan fingerprint density at radius 3 is 2.36 bits per heavy atom. The fourth-order valence-corrected chi connectivity index (χ4v) is 0.812. The third-order valence-electron chi connectivity index (χ3n) is 1.60. The highest BCUT2D eigenvalue weighted by atomic mass is 14.5. The van der Waals surface area contributed by atoms with Crippen molar-refractivity contribution in [2.24, 2.45) is 5.73 Å². The van der Waals surface area contributed by atoms with Crippen molar-refractivity contribution < 1.29 is 0 Å². The predicted octanol–water partition coefficient (Wildman–Crippen LogP) is 2.76. The number of rotatable bonds is 3. The van der Waals surface area contributed by atoms with Crippen molar-refractivity contribution >= 4 is 0 Å². The van der Waals surface area contributed by atoms with Crippen LogP contribution in [0.3, 0.4) is 0 Å². The van der Waals surface area contributed by atoms with E-state index in [9.17, 15) is 0 Å². The van der Waals surface area contributed by atoms with Crippen LogP contribution < -0.4 is 5.73 Å². The lowest BCUT2D eigenvalue weighted by atomic mass is 10.1. The van der Waals surface area contributed by atoms with E-state index >= 15 is 0 Å². The van der Waals surface area contributed by atoms with E-state index in [1.165, 1.54) is 5.57 Å². The Morgan fingerprint density at radius 1 is 1.55 bits per heavy atom. The van der Waals surface area contributed by atoms with Gasteiger partial charge in [0.1, 0.15) is 0 Å². The highest BCUT2D eigenvalue weighted by molar-refractivity contribution is 5.32. The molecule has 0 atom stereocenters. The van der Waals surface area contributed by atoms with Crippen LogP contribution in [0.2, 0.25) is 0 Å². The van der Waals surface area contributed by atoms with E-state index in [4.69, 9.17) is 5.73 Å². The third kappa shape index (κ3) is 3.66. The molecular weight excluding hydrogens is 134 g/mol. The van der Waals surface area contributed by atoms with Crippen molar-refractivity contribution in [1.82, 2.24) is 0 Å². The maximum atomic E-state index is 5.63. The molecule has 0 rings (SSSR count). The highest BCUT2D eigenvalue weighted by Crippen LogP contribution is 2.11. The molecule has 0 aromatic rings. The van der Waals surface area contributed by atoms with Gasteiger partial charge in [-0.1, -0.05) is 25.2 Å². The lowest BCUT2D eigenvalue weighted by Crippen LogP contribution is -1.94. The minimum atomic E-state index is 0.810. The van der Waals surface area contributed by atoms with E-state index < -0.39 is 0 Å². The maximum Gasteiger partial charge on any atom is 0.0273 e. The first-order valence-electron chi connectivity index (χ1n) is 3.90. The zero-order valence-electron chi connectivity index (χ0n) is 7.65. The third-order valence-corrected chi connectivity index (χ3v) is 1.60. The minimum Gasteiger partial charge on any atom is -0.399 e. The van der Waals surface area contributed by atoms with Crippen molar-refractivity contribution in [2.75, 3.05) is 0 Å². The van der Waals surface area contributed by atoms with Gasteiger partial charge in [-0.2, -0.15) is 0 Å². The number of nitrogens with two attached hydrogens (primary N) is 1. The van der Waals surface area contributed by atoms with Crippen molar-refractivity contribution in [3.8, 4) is 0 Å².